The zero-order valence-electron chi connectivity index (χ0n) is 15.4. The van der Waals surface area contributed by atoms with E-state index in [1.807, 2.05) is 17.0 Å². The Morgan fingerprint density at radius 1 is 1.12 bits per heavy atom. The van der Waals surface area contributed by atoms with Gasteiger partial charge in [0.2, 0.25) is 0 Å². The molecule has 2 saturated heterocycles. The Balaban J connectivity index is 1.46. The number of anilines is 1. The van der Waals surface area contributed by atoms with E-state index >= 15 is 0 Å². The average Bonchev–Trinajstić information content (AvgIpc) is 3.10. The van der Waals surface area contributed by atoms with Crippen molar-refractivity contribution in [1.82, 2.24) is 10.2 Å². The van der Waals surface area contributed by atoms with Gasteiger partial charge < -0.3 is 15.5 Å². The second-order valence-corrected chi connectivity index (χ2v) is 7.83. The SMILES string of the molecule is Cc1ccc(-c2cccc(NC(=O)N3CCCC4(CCNC4)C3)c2)cc1. The number of hydrogen-bond acceptors (Lipinski definition) is 2. The van der Waals surface area contributed by atoms with E-state index in [4.69, 9.17) is 0 Å². The second-order valence-electron chi connectivity index (χ2n) is 7.83. The smallest absolute Gasteiger partial charge is 0.321 e. The molecule has 136 valence electrons. The number of piperidine rings is 1. The van der Waals surface area contributed by atoms with Crippen LogP contribution in [-0.4, -0.2) is 37.1 Å². The van der Waals surface area contributed by atoms with Crippen LogP contribution >= 0.6 is 0 Å². The highest BCUT2D eigenvalue weighted by Crippen LogP contribution is 2.35. The molecule has 4 nitrogen and oxygen atoms in total. The van der Waals surface area contributed by atoms with Crippen molar-refractivity contribution < 1.29 is 4.79 Å². The molecule has 0 saturated carbocycles. The fraction of sp³-hybridized carbons (Fsp3) is 0.409. The molecule has 1 unspecified atom stereocenters. The number of rotatable bonds is 2. The number of amides is 2. The summed E-state index contributed by atoms with van der Waals surface area (Å²) in [5, 5.41) is 6.57. The molecule has 4 heteroatoms. The predicted molar refractivity (Wildman–Crippen MR) is 106 cm³/mol. The molecule has 2 aromatic carbocycles. The summed E-state index contributed by atoms with van der Waals surface area (Å²) in [4.78, 5) is 14.8. The number of hydrogen-bond donors (Lipinski definition) is 2. The zero-order chi connectivity index (χ0) is 18.0. The molecule has 2 fully saturated rings. The number of urea groups is 1. The lowest BCUT2D eigenvalue weighted by molar-refractivity contribution is 0.125. The molecule has 0 radical (unpaired) electrons. The Bertz CT molecular complexity index is 778. The normalized spacial score (nSPS) is 22.6. The monoisotopic (exact) mass is 349 g/mol. The van der Waals surface area contributed by atoms with Crippen molar-refractivity contribution in [1.29, 1.82) is 0 Å². The van der Waals surface area contributed by atoms with Gasteiger partial charge in [-0.2, -0.15) is 0 Å². The van der Waals surface area contributed by atoms with Crippen LogP contribution in [0.5, 0.6) is 0 Å². The minimum absolute atomic E-state index is 0.0250. The van der Waals surface area contributed by atoms with Gasteiger partial charge in [0.25, 0.3) is 0 Å². The Hall–Kier alpha value is -2.33. The van der Waals surface area contributed by atoms with Crippen LogP contribution in [0.2, 0.25) is 0 Å². The first-order valence-corrected chi connectivity index (χ1v) is 9.57. The minimum atomic E-state index is 0.0250. The highest BCUT2D eigenvalue weighted by atomic mass is 16.2. The number of likely N-dealkylation sites (tertiary alicyclic amines) is 1. The van der Waals surface area contributed by atoms with Gasteiger partial charge in [0.15, 0.2) is 0 Å². The average molecular weight is 349 g/mol. The Morgan fingerprint density at radius 2 is 1.96 bits per heavy atom. The molecule has 1 spiro atoms. The van der Waals surface area contributed by atoms with Crippen LogP contribution < -0.4 is 10.6 Å². The molecule has 26 heavy (non-hydrogen) atoms. The summed E-state index contributed by atoms with van der Waals surface area (Å²) >= 11 is 0. The van der Waals surface area contributed by atoms with Crippen molar-refractivity contribution >= 4 is 11.7 Å². The van der Waals surface area contributed by atoms with E-state index in [-0.39, 0.29) is 6.03 Å². The highest BCUT2D eigenvalue weighted by molar-refractivity contribution is 5.90. The van der Waals surface area contributed by atoms with Gasteiger partial charge in [-0.3, -0.25) is 0 Å². The molecule has 2 aliphatic heterocycles. The van der Waals surface area contributed by atoms with Crippen molar-refractivity contribution in [3.63, 3.8) is 0 Å². The molecule has 2 N–H and O–H groups in total. The van der Waals surface area contributed by atoms with Crippen LogP contribution in [-0.2, 0) is 0 Å². The lowest BCUT2D eigenvalue weighted by Crippen LogP contribution is -2.48. The molecule has 4 rings (SSSR count). The third-order valence-corrected chi connectivity index (χ3v) is 5.78. The van der Waals surface area contributed by atoms with Crippen molar-refractivity contribution in [3.05, 3.63) is 54.1 Å². The third-order valence-electron chi connectivity index (χ3n) is 5.78. The van der Waals surface area contributed by atoms with Gasteiger partial charge in [0.05, 0.1) is 0 Å². The van der Waals surface area contributed by atoms with E-state index in [2.05, 4.69) is 54.0 Å². The van der Waals surface area contributed by atoms with Crippen molar-refractivity contribution in [2.75, 3.05) is 31.5 Å². The van der Waals surface area contributed by atoms with E-state index in [0.717, 1.165) is 43.9 Å². The maximum absolute atomic E-state index is 12.8. The second kappa shape index (κ2) is 7.12. The molecule has 0 aromatic heterocycles. The van der Waals surface area contributed by atoms with Gasteiger partial charge in [0, 0.05) is 30.7 Å². The number of nitrogens with zero attached hydrogens (tertiary/aromatic N) is 1. The van der Waals surface area contributed by atoms with Gasteiger partial charge in [-0.1, -0.05) is 42.0 Å². The van der Waals surface area contributed by atoms with E-state index in [1.54, 1.807) is 0 Å². The largest absolute Gasteiger partial charge is 0.324 e. The highest BCUT2D eigenvalue weighted by Gasteiger charge is 2.39. The van der Waals surface area contributed by atoms with Gasteiger partial charge in [-0.25, -0.2) is 4.79 Å². The third kappa shape index (κ3) is 3.61. The van der Waals surface area contributed by atoms with E-state index in [1.165, 1.54) is 24.0 Å². The zero-order valence-corrected chi connectivity index (χ0v) is 15.4. The van der Waals surface area contributed by atoms with Crippen molar-refractivity contribution in [2.24, 2.45) is 5.41 Å². The van der Waals surface area contributed by atoms with E-state index in [0.29, 0.717) is 5.41 Å². The van der Waals surface area contributed by atoms with Crippen LogP contribution in [0, 0.1) is 12.3 Å². The van der Waals surface area contributed by atoms with E-state index in [9.17, 15) is 4.79 Å². The maximum Gasteiger partial charge on any atom is 0.321 e. The Labute approximate surface area is 155 Å². The molecule has 0 bridgehead atoms. The topological polar surface area (TPSA) is 44.4 Å². The summed E-state index contributed by atoms with van der Waals surface area (Å²) < 4.78 is 0. The van der Waals surface area contributed by atoms with Gasteiger partial charge in [-0.15, -0.1) is 0 Å². The number of carbonyl (C=O) groups excluding carboxylic acids is 1. The molecule has 0 aliphatic carbocycles. The molecule has 2 heterocycles. The Morgan fingerprint density at radius 3 is 2.73 bits per heavy atom. The molecule has 2 amide bonds. The predicted octanol–water partition coefficient (Wildman–Crippen LogP) is 4.27. The van der Waals surface area contributed by atoms with Crippen LogP contribution in [0.4, 0.5) is 10.5 Å². The first kappa shape index (κ1) is 17.1. The van der Waals surface area contributed by atoms with Gasteiger partial charge in [-0.05, 0) is 56.0 Å². The van der Waals surface area contributed by atoms with Crippen LogP contribution in [0.25, 0.3) is 11.1 Å². The number of nitrogens with one attached hydrogen (secondary N) is 2. The summed E-state index contributed by atoms with van der Waals surface area (Å²) in [5.41, 5.74) is 4.69. The fourth-order valence-electron chi connectivity index (χ4n) is 4.25. The molecule has 2 aromatic rings. The molecular formula is C22H27N3O. The summed E-state index contributed by atoms with van der Waals surface area (Å²) in [7, 11) is 0. The first-order chi connectivity index (χ1) is 12.6. The van der Waals surface area contributed by atoms with E-state index < -0.39 is 0 Å². The first-order valence-electron chi connectivity index (χ1n) is 9.57. The van der Waals surface area contributed by atoms with Crippen molar-refractivity contribution in [2.45, 2.75) is 26.2 Å². The number of aryl methyl sites for hydroxylation is 1. The maximum atomic E-state index is 12.8. The fourth-order valence-corrected chi connectivity index (χ4v) is 4.25. The summed E-state index contributed by atoms with van der Waals surface area (Å²) in [6.45, 7) is 5.92. The summed E-state index contributed by atoms with van der Waals surface area (Å²) in [5.74, 6) is 0. The minimum Gasteiger partial charge on any atom is -0.324 e. The quantitative estimate of drug-likeness (QED) is 0.850. The Kier molecular flexibility index (Phi) is 4.68. The molecular weight excluding hydrogens is 322 g/mol. The molecule has 2 aliphatic rings. The van der Waals surface area contributed by atoms with Crippen LogP contribution in [0.15, 0.2) is 48.5 Å². The van der Waals surface area contributed by atoms with Crippen LogP contribution in [0.1, 0.15) is 24.8 Å². The van der Waals surface area contributed by atoms with Gasteiger partial charge in [0.1, 0.15) is 0 Å². The van der Waals surface area contributed by atoms with Crippen LogP contribution in [0.3, 0.4) is 0 Å². The number of benzene rings is 2. The van der Waals surface area contributed by atoms with Gasteiger partial charge >= 0.3 is 6.03 Å². The number of carbonyl (C=O) groups is 1. The lowest BCUT2D eigenvalue weighted by Gasteiger charge is -2.39. The summed E-state index contributed by atoms with van der Waals surface area (Å²) in [6, 6.07) is 16.6. The summed E-state index contributed by atoms with van der Waals surface area (Å²) in [6.07, 6.45) is 3.50. The lowest BCUT2D eigenvalue weighted by atomic mass is 9.79. The van der Waals surface area contributed by atoms with Crippen molar-refractivity contribution in [3.8, 4) is 11.1 Å². The molecule has 1 atom stereocenters. The standard InChI is InChI=1S/C22H27N3O/c1-17-6-8-18(9-7-17)19-4-2-5-20(14-19)24-21(26)25-13-3-10-22(16-25)11-12-23-15-22/h2,4-9,14,23H,3,10-13,15-16H2,1H3,(H,24,26).